The number of rotatable bonds is 5. The Labute approximate surface area is 109 Å². The van der Waals surface area contributed by atoms with Gasteiger partial charge in [0.1, 0.15) is 0 Å². The Bertz CT molecular complexity index is 337. The maximum Gasteiger partial charge on any atom is 0.0534 e. The van der Waals surface area contributed by atoms with E-state index in [9.17, 15) is 0 Å². The van der Waals surface area contributed by atoms with Crippen LogP contribution in [0.25, 0.3) is 0 Å². The monoisotopic (exact) mass is 255 g/mol. The number of aromatic nitrogens is 2. The molecular weight excluding hydrogens is 234 g/mol. The smallest absolute Gasteiger partial charge is 0.0534 e. The molecular formula is C13H22ClN3. The molecule has 2 unspecified atom stereocenters. The number of nitrogens with zero attached hydrogens (tertiary/aromatic N) is 2. The summed E-state index contributed by atoms with van der Waals surface area (Å²) in [5.74, 6) is 2.30. The Morgan fingerprint density at radius 1 is 1.41 bits per heavy atom. The summed E-state index contributed by atoms with van der Waals surface area (Å²) in [7, 11) is 1.95. The van der Waals surface area contributed by atoms with Gasteiger partial charge in [-0.15, -0.1) is 11.6 Å². The van der Waals surface area contributed by atoms with E-state index in [1.165, 1.54) is 31.2 Å². The van der Waals surface area contributed by atoms with Gasteiger partial charge in [-0.3, -0.25) is 4.68 Å². The predicted octanol–water partition coefficient (Wildman–Crippen LogP) is 2.55. The first-order valence-electron chi connectivity index (χ1n) is 6.54. The second-order valence-corrected chi connectivity index (χ2v) is 5.42. The van der Waals surface area contributed by atoms with Crippen LogP contribution in [0, 0.1) is 11.8 Å². The summed E-state index contributed by atoms with van der Waals surface area (Å²) in [5, 5.41) is 7.71. The van der Waals surface area contributed by atoms with E-state index in [2.05, 4.69) is 16.6 Å². The van der Waals surface area contributed by atoms with Gasteiger partial charge in [0.05, 0.1) is 6.20 Å². The average molecular weight is 256 g/mol. The molecule has 0 spiro atoms. The molecule has 1 aromatic rings. The van der Waals surface area contributed by atoms with Gasteiger partial charge in [-0.05, 0) is 31.2 Å². The second kappa shape index (κ2) is 6.41. The van der Waals surface area contributed by atoms with E-state index in [1.807, 2.05) is 17.9 Å². The fraction of sp³-hybridized carbons (Fsp3) is 0.769. The van der Waals surface area contributed by atoms with Crippen LogP contribution in [0.5, 0.6) is 0 Å². The maximum absolute atomic E-state index is 6.03. The average Bonchev–Trinajstić information content (AvgIpc) is 2.76. The van der Waals surface area contributed by atoms with Crippen molar-refractivity contribution in [2.45, 2.75) is 32.2 Å². The quantitative estimate of drug-likeness (QED) is 0.820. The third-order valence-corrected chi connectivity index (χ3v) is 4.16. The van der Waals surface area contributed by atoms with E-state index in [1.54, 1.807) is 0 Å². The highest BCUT2D eigenvalue weighted by Gasteiger charge is 2.23. The summed E-state index contributed by atoms with van der Waals surface area (Å²) in [4.78, 5) is 0. The largest absolute Gasteiger partial charge is 0.312 e. The van der Waals surface area contributed by atoms with Crippen molar-refractivity contribution in [1.82, 2.24) is 15.1 Å². The molecule has 96 valence electrons. The first-order chi connectivity index (χ1) is 8.29. The van der Waals surface area contributed by atoms with Crippen LogP contribution in [0.3, 0.4) is 0 Å². The first-order valence-corrected chi connectivity index (χ1v) is 7.07. The lowest BCUT2D eigenvalue weighted by atomic mass is 9.80. The van der Waals surface area contributed by atoms with Crippen molar-refractivity contribution in [3.05, 3.63) is 18.0 Å². The highest BCUT2D eigenvalue weighted by Crippen LogP contribution is 2.30. The van der Waals surface area contributed by atoms with Crippen molar-refractivity contribution in [3.63, 3.8) is 0 Å². The molecule has 1 saturated carbocycles. The lowest BCUT2D eigenvalue weighted by molar-refractivity contribution is 0.250. The molecule has 1 heterocycles. The molecule has 1 N–H and O–H groups in total. The lowest BCUT2D eigenvalue weighted by Crippen LogP contribution is -2.31. The molecule has 2 rings (SSSR count). The Morgan fingerprint density at radius 2 is 2.18 bits per heavy atom. The van der Waals surface area contributed by atoms with Gasteiger partial charge in [0.15, 0.2) is 0 Å². The molecule has 0 aromatic carbocycles. The van der Waals surface area contributed by atoms with Crippen LogP contribution in [-0.2, 0) is 13.6 Å². The van der Waals surface area contributed by atoms with E-state index in [4.69, 9.17) is 11.6 Å². The minimum Gasteiger partial charge on any atom is -0.312 e. The molecule has 1 aliphatic rings. The molecule has 4 heteroatoms. The lowest BCUT2D eigenvalue weighted by Gasteiger charge is -2.30. The summed E-state index contributed by atoms with van der Waals surface area (Å²) in [6, 6.07) is 0. The summed E-state index contributed by atoms with van der Waals surface area (Å²) >= 11 is 6.03. The van der Waals surface area contributed by atoms with Crippen LogP contribution in [0.1, 0.15) is 31.2 Å². The predicted molar refractivity (Wildman–Crippen MR) is 71.1 cm³/mol. The Hall–Kier alpha value is -0.540. The molecule has 1 aliphatic carbocycles. The van der Waals surface area contributed by atoms with Gasteiger partial charge in [-0.25, -0.2) is 0 Å². The highest BCUT2D eigenvalue weighted by atomic mass is 35.5. The number of aryl methyl sites for hydroxylation is 1. The summed E-state index contributed by atoms with van der Waals surface area (Å²) in [6.45, 7) is 2.01. The van der Waals surface area contributed by atoms with Crippen molar-refractivity contribution >= 4 is 11.6 Å². The number of hydrogen-bond acceptors (Lipinski definition) is 2. The van der Waals surface area contributed by atoms with Crippen molar-refractivity contribution < 1.29 is 0 Å². The maximum atomic E-state index is 6.03. The fourth-order valence-electron chi connectivity index (χ4n) is 2.72. The Kier molecular flexibility index (Phi) is 4.86. The van der Waals surface area contributed by atoms with Crippen molar-refractivity contribution in [2.75, 3.05) is 12.4 Å². The summed E-state index contributed by atoms with van der Waals surface area (Å²) < 4.78 is 1.85. The normalized spacial score (nSPS) is 25.1. The van der Waals surface area contributed by atoms with Gasteiger partial charge in [-0.1, -0.05) is 12.8 Å². The van der Waals surface area contributed by atoms with Crippen LogP contribution in [-0.4, -0.2) is 22.2 Å². The second-order valence-electron chi connectivity index (χ2n) is 5.11. The van der Waals surface area contributed by atoms with Gasteiger partial charge in [0.2, 0.25) is 0 Å². The van der Waals surface area contributed by atoms with Crippen molar-refractivity contribution in [3.8, 4) is 0 Å². The zero-order chi connectivity index (χ0) is 12.1. The molecule has 0 radical (unpaired) electrons. The van der Waals surface area contributed by atoms with Gasteiger partial charge in [0.25, 0.3) is 0 Å². The van der Waals surface area contributed by atoms with Crippen LogP contribution < -0.4 is 5.32 Å². The number of halogens is 1. The van der Waals surface area contributed by atoms with Crippen LogP contribution in [0.4, 0.5) is 0 Å². The first kappa shape index (κ1) is 12.9. The SMILES string of the molecule is Cn1cc(CNCC2CCCCC2CCl)cn1. The van der Waals surface area contributed by atoms with Crippen LogP contribution in [0.2, 0.25) is 0 Å². The minimum atomic E-state index is 0.715. The molecule has 0 saturated heterocycles. The van der Waals surface area contributed by atoms with E-state index in [0.717, 1.165) is 24.9 Å². The molecule has 1 aromatic heterocycles. The Balaban J connectivity index is 1.73. The zero-order valence-corrected chi connectivity index (χ0v) is 11.3. The van der Waals surface area contributed by atoms with E-state index in [0.29, 0.717) is 5.92 Å². The topological polar surface area (TPSA) is 29.9 Å². The molecule has 17 heavy (non-hydrogen) atoms. The minimum absolute atomic E-state index is 0.715. The standard InChI is InChI=1S/C13H22ClN3/c1-17-10-11(8-16-17)7-15-9-13-5-3-2-4-12(13)6-14/h8,10,12-13,15H,2-7,9H2,1H3. The molecule has 2 atom stereocenters. The van der Waals surface area contributed by atoms with Crippen molar-refractivity contribution in [2.24, 2.45) is 18.9 Å². The molecule has 0 aliphatic heterocycles. The van der Waals surface area contributed by atoms with Crippen LogP contribution in [0.15, 0.2) is 12.4 Å². The highest BCUT2D eigenvalue weighted by molar-refractivity contribution is 6.18. The summed E-state index contributed by atoms with van der Waals surface area (Å²) in [5.41, 5.74) is 1.26. The van der Waals surface area contributed by atoms with E-state index >= 15 is 0 Å². The third kappa shape index (κ3) is 3.71. The summed E-state index contributed by atoms with van der Waals surface area (Å²) in [6.07, 6.45) is 9.35. The fourth-order valence-corrected chi connectivity index (χ4v) is 3.13. The van der Waals surface area contributed by atoms with Gasteiger partial charge < -0.3 is 5.32 Å². The van der Waals surface area contributed by atoms with Crippen molar-refractivity contribution in [1.29, 1.82) is 0 Å². The molecule has 0 bridgehead atoms. The van der Waals surface area contributed by atoms with Gasteiger partial charge >= 0.3 is 0 Å². The number of hydrogen-bond donors (Lipinski definition) is 1. The van der Waals surface area contributed by atoms with E-state index in [-0.39, 0.29) is 0 Å². The van der Waals surface area contributed by atoms with Crippen LogP contribution >= 0.6 is 11.6 Å². The Morgan fingerprint density at radius 3 is 2.82 bits per heavy atom. The molecule has 3 nitrogen and oxygen atoms in total. The number of alkyl halides is 1. The van der Waals surface area contributed by atoms with Gasteiger partial charge in [0, 0.05) is 31.2 Å². The van der Waals surface area contributed by atoms with E-state index < -0.39 is 0 Å². The molecule has 0 amide bonds. The third-order valence-electron chi connectivity index (χ3n) is 3.76. The number of nitrogens with one attached hydrogen (secondary N) is 1. The zero-order valence-electron chi connectivity index (χ0n) is 10.5. The van der Waals surface area contributed by atoms with Gasteiger partial charge in [-0.2, -0.15) is 5.10 Å². The molecule has 1 fully saturated rings.